The summed E-state index contributed by atoms with van der Waals surface area (Å²) in [5, 5.41) is -0.132. The molecule has 3 nitrogen and oxygen atoms in total. The summed E-state index contributed by atoms with van der Waals surface area (Å²) >= 11 is 5.79. The summed E-state index contributed by atoms with van der Waals surface area (Å²) in [5.74, 6) is 1.02. The Kier molecular flexibility index (Phi) is 4.59. The highest BCUT2D eigenvalue weighted by Crippen LogP contribution is 2.20. The number of benzene rings is 2. The zero-order valence-electron chi connectivity index (χ0n) is 9.95. The van der Waals surface area contributed by atoms with Crippen molar-refractivity contribution >= 4 is 17.9 Å². The molecule has 0 unspecified atom stereocenters. The molecule has 4 heteroatoms. The fourth-order valence-corrected chi connectivity index (χ4v) is 1.43. The Morgan fingerprint density at radius 3 is 1.63 bits per heavy atom. The van der Waals surface area contributed by atoms with Gasteiger partial charge in [-0.05, 0) is 24.3 Å². The Morgan fingerprint density at radius 2 is 1.26 bits per heavy atom. The minimum Gasteiger partial charge on any atom is -0.425 e. The molecule has 0 aromatic heterocycles. The van der Waals surface area contributed by atoms with Gasteiger partial charge in [-0.15, -0.1) is 0 Å². The lowest BCUT2D eigenvalue weighted by molar-refractivity contribution is -0.104. The predicted octanol–water partition coefficient (Wildman–Crippen LogP) is 3.75. The zero-order valence-corrected chi connectivity index (χ0v) is 10.7. The molecule has 0 aliphatic carbocycles. The number of rotatable bonds is 5. The minimum absolute atomic E-state index is 0.0472. The molecule has 0 aliphatic rings. The van der Waals surface area contributed by atoms with E-state index in [0.717, 1.165) is 0 Å². The van der Waals surface area contributed by atoms with Gasteiger partial charge in [0.1, 0.15) is 11.5 Å². The monoisotopic (exact) mass is 274 g/mol. The molecule has 0 N–H and O–H groups in total. The van der Waals surface area contributed by atoms with Gasteiger partial charge in [0.2, 0.25) is 0 Å². The van der Waals surface area contributed by atoms with Crippen LogP contribution in [0.5, 0.6) is 11.5 Å². The van der Waals surface area contributed by atoms with Crippen molar-refractivity contribution in [1.29, 1.82) is 0 Å². The maximum absolute atomic E-state index is 10.8. The molecule has 0 heterocycles. The molecular weight excluding hydrogens is 264 g/mol. The average Bonchev–Trinajstić information content (AvgIpc) is 2.48. The van der Waals surface area contributed by atoms with Crippen LogP contribution in [0.1, 0.15) is 0 Å². The van der Waals surface area contributed by atoms with E-state index in [2.05, 4.69) is 0 Å². The van der Waals surface area contributed by atoms with Gasteiger partial charge in [0.15, 0.2) is 11.3 Å². The first kappa shape index (κ1) is 13.2. The predicted molar refractivity (Wildman–Crippen MR) is 73.1 cm³/mol. The molecule has 0 saturated carbocycles. The van der Waals surface area contributed by atoms with Crippen molar-refractivity contribution < 1.29 is 14.3 Å². The number of aldehydes is 1. The number of para-hydroxylation sites is 2. The summed E-state index contributed by atoms with van der Waals surface area (Å²) in [6, 6.07) is 17.9. The molecule has 2 aromatic carbocycles. The van der Waals surface area contributed by atoms with Crippen LogP contribution in [0.2, 0.25) is 0 Å². The molecule has 0 atom stereocenters. The number of ether oxygens (including phenoxy) is 2. The number of hydrogen-bond acceptors (Lipinski definition) is 3. The molecule has 2 aromatic rings. The van der Waals surface area contributed by atoms with Gasteiger partial charge in [-0.25, -0.2) is 0 Å². The molecule has 0 aliphatic heterocycles. The average molecular weight is 275 g/mol. The number of carbonyl (C=O) groups excluding carboxylic acids is 1. The van der Waals surface area contributed by atoms with Gasteiger partial charge in [-0.1, -0.05) is 48.0 Å². The first-order chi connectivity index (χ1) is 9.29. The molecular formula is C15H11ClO3. The lowest BCUT2D eigenvalue weighted by Gasteiger charge is -2.11. The molecule has 0 spiro atoms. The molecule has 19 heavy (non-hydrogen) atoms. The van der Waals surface area contributed by atoms with Gasteiger partial charge in [0.25, 0.3) is 0 Å². The zero-order chi connectivity index (χ0) is 13.5. The maximum Gasteiger partial charge on any atom is 0.313 e. The molecule has 0 saturated heterocycles. The fourth-order valence-electron chi connectivity index (χ4n) is 1.36. The smallest absolute Gasteiger partial charge is 0.313 e. The Balaban J connectivity index is 2.21. The Hall–Kier alpha value is -2.26. The molecule has 0 radical (unpaired) electrons. The number of hydrogen-bond donors (Lipinski definition) is 0. The van der Waals surface area contributed by atoms with E-state index in [1.165, 1.54) is 0 Å². The van der Waals surface area contributed by atoms with Gasteiger partial charge in [-0.2, -0.15) is 0 Å². The number of allylic oxidation sites excluding steroid dienone is 1. The van der Waals surface area contributed by atoms with Crippen LogP contribution in [-0.2, 0) is 4.79 Å². The molecule has 2 rings (SSSR count). The van der Waals surface area contributed by atoms with Crippen LogP contribution in [0.3, 0.4) is 0 Å². The Morgan fingerprint density at radius 1 is 0.842 bits per heavy atom. The summed E-state index contributed by atoms with van der Waals surface area (Å²) in [7, 11) is 0. The summed E-state index contributed by atoms with van der Waals surface area (Å²) in [4.78, 5) is 10.8. The van der Waals surface area contributed by atoms with Crippen LogP contribution in [0.4, 0.5) is 0 Å². The second-order valence-corrected chi connectivity index (χ2v) is 3.99. The lowest BCUT2D eigenvalue weighted by Crippen LogP contribution is -2.06. The van der Waals surface area contributed by atoms with Gasteiger partial charge in [-0.3, -0.25) is 4.79 Å². The van der Waals surface area contributed by atoms with Crippen LogP contribution in [0.25, 0.3) is 0 Å². The third-order valence-corrected chi connectivity index (χ3v) is 2.45. The van der Waals surface area contributed by atoms with Crippen molar-refractivity contribution in [3.8, 4) is 11.5 Å². The number of halogens is 1. The highest BCUT2D eigenvalue weighted by molar-refractivity contribution is 6.38. The maximum atomic E-state index is 10.8. The van der Waals surface area contributed by atoms with E-state index in [1.807, 2.05) is 36.4 Å². The quantitative estimate of drug-likeness (QED) is 0.473. The van der Waals surface area contributed by atoms with Crippen molar-refractivity contribution in [3.63, 3.8) is 0 Å². The lowest BCUT2D eigenvalue weighted by atomic mass is 10.3. The van der Waals surface area contributed by atoms with Gasteiger partial charge < -0.3 is 9.47 Å². The van der Waals surface area contributed by atoms with E-state index in [-0.39, 0.29) is 11.0 Å². The van der Waals surface area contributed by atoms with E-state index < -0.39 is 0 Å². The van der Waals surface area contributed by atoms with Crippen LogP contribution in [0.15, 0.2) is 71.6 Å². The standard InChI is InChI=1S/C15H11ClO3/c16-14(11-17)15(18-12-7-3-1-4-8-12)19-13-9-5-2-6-10-13/h1-11H. The second-order valence-electron chi connectivity index (χ2n) is 3.58. The summed E-state index contributed by atoms with van der Waals surface area (Å²) in [6.45, 7) is 0. The third kappa shape index (κ3) is 3.86. The van der Waals surface area contributed by atoms with E-state index in [4.69, 9.17) is 21.1 Å². The van der Waals surface area contributed by atoms with Crippen molar-refractivity contribution in [2.45, 2.75) is 0 Å². The Bertz CT molecular complexity index is 521. The SMILES string of the molecule is O=CC(Cl)=C(Oc1ccccc1)Oc1ccccc1. The Labute approximate surface area is 116 Å². The summed E-state index contributed by atoms with van der Waals surface area (Å²) < 4.78 is 10.9. The fraction of sp³-hybridized carbons (Fsp3) is 0. The van der Waals surface area contributed by atoms with Gasteiger partial charge in [0, 0.05) is 0 Å². The van der Waals surface area contributed by atoms with Crippen LogP contribution in [-0.4, -0.2) is 6.29 Å². The van der Waals surface area contributed by atoms with E-state index >= 15 is 0 Å². The first-order valence-electron chi connectivity index (χ1n) is 5.60. The van der Waals surface area contributed by atoms with Gasteiger partial charge in [0.05, 0.1) is 0 Å². The number of carbonyl (C=O) groups is 1. The molecule has 0 bridgehead atoms. The normalized spacial score (nSPS) is 9.53. The second kappa shape index (κ2) is 6.61. The van der Waals surface area contributed by atoms with E-state index in [9.17, 15) is 4.79 Å². The van der Waals surface area contributed by atoms with Crippen molar-refractivity contribution in [2.24, 2.45) is 0 Å². The van der Waals surface area contributed by atoms with E-state index in [1.54, 1.807) is 24.3 Å². The molecule has 0 fully saturated rings. The molecule has 96 valence electrons. The van der Waals surface area contributed by atoms with Crippen LogP contribution >= 0.6 is 11.6 Å². The van der Waals surface area contributed by atoms with Crippen molar-refractivity contribution in [1.82, 2.24) is 0 Å². The first-order valence-corrected chi connectivity index (χ1v) is 5.98. The highest BCUT2D eigenvalue weighted by Gasteiger charge is 2.10. The molecule has 0 amide bonds. The van der Waals surface area contributed by atoms with Crippen molar-refractivity contribution in [2.75, 3.05) is 0 Å². The summed E-state index contributed by atoms with van der Waals surface area (Å²) in [5.41, 5.74) is 0. The summed E-state index contributed by atoms with van der Waals surface area (Å²) in [6.07, 6.45) is 0.475. The topological polar surface area (TPSA) is 35.5 Å². The highest BCUT2D eigenvalue weighted by atomic mass is 35.5. The van der Waals surface area contributed by atoms with Crippen LogP contribution in [0, 0.1) is 0 Å². The van der Waals surface area contributed by atoms with Gasteiger partial charge >= 0.3 is 5.95 Å². The third-order valence-electron chi connectivity index (χ3n) is 2.21. The minimum atomic E-state index is -0.132. The van der Waals surface area contributed by atoms with Crippen molar-refractivity contribution in [3.05, 3.63) is 71.6 Å². The van der Waals surface area contributed by atoms with Crippen LogP contribution < -0.4 is 9.47 Å². The largest absolute Gasteiger partial charge is 0.425 e. The van der Waals surface area contributed by atoms with E-state index in [0.29, 0.717) is 17.8 Å².